The van der Waals surface area contributed by atoms with E-state index < -0.39 is 4.92 Å². The van der Waals surface area contributed by atoms with Crippen molar-refractivity contribution in [3.8, 4) is 5.75 Å². The highest BCUT2D eigenvalue weighted by Crippen LogP contribution is 2.32. The van der Waals surface area contributed by atoms with Gasteiger partial charge in [-0.15, -0.1) is 0 Å². The number of hydrogen-bond acceptors (Lipinski definition) is 5. The normalized spacial score (nSPS) is 9.95. The van der Waals surface area contributed by atoms with Gasteiger partial charge in [-0.25, -0.2) is 0 Å². The number of carbonyl (C=O) groups excluding carboxylic acids is 1. The highest BCUT2D eigenvalue weighted by molar-refractivity contribution is 5.65. The average molecular weight is 286 g/mol. The van der Waals surface area contributed by atoms with Crippen LogP contribution in [-0.4, -0.2) is 18.4 Å². The summed E-state index contributed by atoms with van der Waals surface area (Å²) in [5, 5.41) is 10.8. The molecular weight excluding hydrogens is 272 g/mol. The number of rotatable bonds is 6. The monoisotopic (exact) mass is 286 g/mol. The zero-order valence-electron chi connectivity index (χ0n) is 11.4. The largest absolute Gasteiger partial charge is 0.426 e. The highest BCUT2D eigenvalue weighted by Gasteiger charge is 2.15. The van der Waals surface area contributed by atoms with E-state index in [1.165, 1.54) is 12.1 Å². The number of hydrogen-bond donors (Lipinski definition) is 0. The van der Waals surface area contributed by atoms with Crippen LogP contribution >= 0.6 is 0 Å². The van der Waals surface area contributed by atoms with Crippen molar-refractivity contribution in [1.29, 1.82) is 0 Å². The molecule has 6 nitrogen and oxygen atoms in total. The molecule has 0 spiro atoms. The third-order valence-electron chi connectivity index (χ3n) is 3.00. The molecule has 21 heavy (non-hydrogen) atoms. The van der Waals surface area contributed by atoms with Crippen LogP contribution < -0.4 is 9.64 Å². The van der Waals surface area contributed by atoms with Gasteiger partial charge in [0.25, 0.3) is 12.2 Å². The topological polar surface area (TPSA) is 72.7 Å². The molecular formula is C15H14N2O4. The Balaban J connectivity index is 2.29. The molecule has 0 aromatic heterocycles. The van der Waals surface area contributed by atoms with E-state index in [0.29, 0.717) is 12.2 Å². The SMILES string of the molecule is CN(Cc1ccccc1)c1ccc([N+](=O)[O-])cc1OC=O. The number of carbonyl (C=O) groups is 1. The van der Waals surface area contributed by atoms with Gasteiger partial charge in [0, 0.05) is 19.7 Å². The van der Waals surface area contributed by atoms with Crippen LogP contribution in [0.5, 0.6) is 5.75 Å². The van der Waals surface area contributed by atoms with Crippen LogP contribution in [0.3, 0.4) is 0 Å². The van der Waals surface area contributed by atoms with Crippen molar-refractivity contribution < 1.29 is 14.5 Å². The zero-order valence-corrected chi connectivity index (χ0v) is 11.4. The summed E-state index contributed by atoms with van der Waals surface area (Å²) in [6, 6.07) is 13.9. The van der Waals surface area contributed by atoms with Gasteiger partial charge in [-0.05, 0) is 11.6 Å². The van der Waals surface area contributed by atoms with Gasteiger partial charge in [-0.1, -0.05) is 30.3 Å². The highest BCUT2D eigenvalue weighted by atomic mass is 16.6. The molecule has 0 heterocycles. The number of ether oxygens (including phenoxy) is 1. The van der Waals surface area contributed by atoms with Crippen molar-refractivity contribution in [3.63, 3.8) is 0 Å². The second kappa shape index (κ2) is 6.51. The Morgan fingerprint density at radius 3 is 2.57 bits per heavy atom. The van der Waals surface area contributed by atoms with Gasteiger partial charge in [0.05, 0.1) is 16.7 Å². The van der Waals surface area contributed by atoms with Gasteiger partial charge < -0.3 is 9.64 Å². The van der Waals surface area contributed by atoms with E-state index in [0.717, 1.165) is 5.56 Å². The Bertz CT molecular complexity index is 643. The van der Waals surface area contributed by atoms with E-state index in [2.05, 4.69) is 0 Å². The van der Waals surface area contributed by atoms with Crippen molar-refractivity contribution in [2.75, 3.05) is 11.9 Å². The number of anilines is 1. The van der Waals surface area contributed by atoms with E-state index in [-0.39, 0.29) is 17.9 Å². The molecule has 2 aromatic rings. The summed E-state index contributed by atoms with van der Waals surface area (Å²) in [4.78, 5) is 22.7. The molecule has 0 amide bonds. The lowest BCUT2D eigenvalue weighted by molar-refractivity contribution is -0.384. The van der Waals surface area contributed by atoms with Gasteiger partial charge in [-0.3, -0.25) is 14.9 Å². The van der Waals surface area contributed by atoms with Crippen LogP contribution in [0.25, 0.3) is 0 Å². The Morgan fingerprint density at radius 1 is 1.24 bits per heavy atom. The van der Waals surface area contributed by atoms with Crippen LogP contribution in [0.4, 0.5) is 11.4 Å². The number of nitrogens with zero attached hydrogens (tertiary/aromatic N) is 2. The molecule has 108 valence electrons. The minimum Gasteiger partial charge on any atom is -0.426 e. The van der Waals surface area contributed by atoms with Crippen molar-refractivity contribution in [2.24, 2.45) is 0 Å². The molecule has 6 heteroatoms. The van der Waals surface area contributed by atoms with Crippen molar-refractivity contribution in [1.82, 2.24) is 0 Å². The number of non-ortho nitro benzene ring substituents is 1. The quantitative estimate of drug-likeness (QED) is 0.464. The van der Waals surface area contributed by atoms with Crippen LogP contribution in [0.2, 0.25) is 0 Å². The fourth-order valence-corrected chi connectivity index (χ4v) is 2.02. The van der Waals surface area contributed by atoms with Crippen LogP contribution in [0, 0.1) is 10.1 Å². The zero-order chi connectivity index (χ0) is 15.2. The standard InChI is InChI=1S/C15H14N2O4/c1-16(10-12-5-3-2-4-6-12)14-8-7-13(17(19)20)9-15(14)21-11-18/h2-9,11H,10H2,1H3. The first-order valence-corrected chi connectivity index (χ1v) is 6.25. The molecule has 0 aliphatic carbocycles. The molecule has 0 bridgehead atoms. The molecule has 0 unspecified atom stereocenters. The molecule has 2 rings (SSSR count). The van der Waals surface area contributed by atoms with E-state index in [9.17, 15) is 14.9 Å². The summed E-state index contributed by atoms with van der Waals surface area (Å²) in [6.45, 7) is 0.854. The first-order valence-electron chi connectivity index (χ1n) is 6.25. The molecule has 0 aliphatic rings. The van der Waals surface area contributed by atoms with Gasteiger partial charge in [0.2, 0.25) is 0 Å². The predicted molar refractivity (Wildman–Crippen MR) is 78.3 cm³/mol. The maximum absolute atomic E-state index is 10.8. The number of benzene rings is 2. The van der Waals surface area contributed by atoms with Crippen LogP contribution in [0.1, 0.15) is 5.56 Å². The Hall–Kier alpha value is -2.89. The summed E-state index contributed by atoms with van der Waals surface area (Å²) in [6.07, 6.45) is 0. The fraction of sp³-hybridized carbons (Fsp3) is 0.133. The third kappa shape index (κ3) is 3.56. The summed E-state index contributed by atoms with van der Waals surface area (Å²) < 4.78 is 4.86. The maximum Gasteiger partial charge on any atom is 0.298 e. The lowest BCUT2D eigenvalue weighted by Crippen LogP contribution is -2.17. The Labute approximate surface area is 121 Å². The van der Waals surface area contributed by atoms with Crippen molar-refractivity contribution in [2.45, 2.75) is 6.54 Å². The van der Waals surface area contributed by atoms with Gasteiger partial charge in [0.1, 0.15) is 0 Å². The molecule has 0 atom stereocenters. The molecule has 0 N–H and O–H groups in total. The molecule has 0 aliphatic heterocycles. The number of nitro benzene ring substituents is 1. The van der Waals surface area contributed by atoms with E-state index in [4.69, 9.17) is 4.74 Å². The predicted octanol–water partition coefficient (Wildman–Crippen LogP) is 2.77. The minimum absolute atomic E-state index is 0.122. The number of nitro groups is 1. The summed E-state index contributed by atoms with van der Waals surface area (Å²) in [5.41, 5.74) is 1.57. The first-order chi connectivity index (χ1) is 10.1. The van der Waals surface area contributed by atoms with E-state index in [1.54, 1.807) is 6.07 Å². The van der Waals surface area contributed by atoms with Gasteiger partial charge in [0.15, 0.2) is 5.75 Å². The second-order valence-corrected chi connectivity index (χ2v) is 4.46. The van der Waals surface area contributed by atoms with Crippen LogP contribution in [0.15, 0.2) is 48.5 Å². The Morgan fingerprint density at radius 2 is 1.95 bits per heavy atom. The summed E-state index contributed by atoms with van der Waals surface area (Å²) in [5.74, 6) is 0.164. The first kappa shape index (κ1) is 14.5. The molecule has 0 saturated heterocycles. The summed E-state index contributed by atoms with van der Waals surface area (Å²) in [7, 11) is 1.83. The van der Waals surface area contributed by atoms with E-state index in [1.807, 2.05) is 42.3 Å². The lowest BCUT2D eigenvalue weighted by atomic mass is 10.2. The summed E-state index contributed by atoms with van der Waals surface area (Å²) >= 11 is 0. The smallest absolute Gasteiger partial charge is 0.298 e. The molecule has 0 fully saturated rings. The van der Waals surface area contributed by atoms with Crippen LogP contribution in [-0.2, 0) is 11.3 Å². The fourth-order valence-electron chi connectivity index (χ4n) is 2.02. The van der Waals surface area contributed by atoms with Gasteiger partial charge in [-0.2, -0.15) is 0 Å². The second-order valence-electron chi connectivity index (χ2n) is 4.46. The third-order valence-corrected chi connectivity index (χ3v) is 3.00. The lowest BCUT2D eigenvalue weighted by Gasteiger charge is -2.21. The van der Waals surface area contributed by atoms with Crippen molar-refractivity contribution in [3.05, 3.63) is 64.2 Å². The molecule has 2 aromatic carbocycles. The Kier molecular flexibility index (Phi) is 4.50. The molecule has 0 radical (unpaired) electrons. The van der Waals surface area contributed by atoms with Gasteiger partial charge >= 0.3 is 0 Å². The minimum atomic E-state index is -0.529. The average Bonchev–Trinajstić information content (AvgIpc) is 2.48. The molecule has 0 saturated carbocycles. The maximum atomic E-state index is 10.8. The van der Waals surface area contributed by atoms with Crippen molar-refractivity contribution >= 4 is 17.8 Å². The van der Waals surface area contributed by atoms with E-state index >= 15 is 0 Å².